The quantitative estimate of drug-likeness (QED) is 0.0435. The van der Waals surface area contributed by atoms with Gasteiger partial charge in [-0.2, -0.15) is 0 Å². The van der Waals surface area contributed by atoms with Crippen LogP contribution in [0.2, 0.25) is 0 Å². The van der Waals surface area contributed by atoms with Crippen molar-refractivity contribution in [2.45, 2.75) is 161 Å². The van der Waals surface area contributed by atoms with Crippen molar-refractivity contribution in [1.29, 1.82) is 0 Å². The van der Waals surface area contributed by atoms with Gasteiger partial charge in [0.2, 0.25) is 5.91 Å². The summed E-state index contributed by atoms with van der Waals surface area (Å²) in [7, 11) is 1.62. The molecule has 0 saturated carbocycles. The molecular formula is C32H68N2O6P+. The lowest BCUT2D eigenvalue weighted by molar-refractivity contribution is -0.870. The largest absolute Gasteiger partial charge is 0.472 e. The van der Waals surface area contributed by atoms with E-state index >= 15 is 0 Å². The number of aliphatic hydroxyl groups excluding tert-OH is 1. The van der Waals surface area contributed by atoms with Crippen LogP contribution in [0.15, 0.2) is 0 Å². The maximum atomic E-state index is 12.6. The summed E-state index contributed by atoms with van der Waals surface area (Å²) in [5.74, 6) is -0.153. The summed E-state index contributed by atoms with van der Waals surface area (Å²) in [6.45, 7) is 4.81. The number of phosphoric acid groups is 1. The standard InChI is InChI=1S/C32H67N2O6P/c1-6-8-10-12-14-15-16-17-18-20-21-23-25-31(35)30(29-40-41(37,38)39-28-27-34(3,4)5)33-32(36)26-24-22-19-13-11-9-7-2/h30-31,35H,6-29H2,1-5H3,(H-,33,36,37,38)/p+1/t30-,31+/m0/s1. The molecule has 0 aliphatic carbocycles. The van der Waals surface area contributed by atoms with Crippen LogP contribution in [-0.2, 0) is 18.4 Å². The van der Waals surface area contributed by atoms with Crippen molar-refractivity contribution in [3.05, 3.63) is 0 Å². The Morgan fingerprint density at radius 3 is 1.63 bits per heavy atom. The van der Waals surface area contributed by atoms with E-state index in [9.17, 15) is 19.4 Å². The van der Waals surface area contributed by atoms with E-state index in [2.05, 4.69) is 19.2 Å². The number of aliphatic hydroxyl groups is 1. The first kappa shape index (κ1) is 40.5. The maximum Gasteiger partial charge on any atom is 0.472 e. The fourth-order valence-corrected chi connectivity index (χ4v) is 5.54. The molecule has 9 heteroatoms. The lowest BCUT2D eigenvalue weighted by atomic mass is 10.0. The summed E-state index contributed by atoms with van der Waals surface area (Å²) < 4.78 is 23.4. The molecule has 0 bridgehead atoms. The lowest BCUT2D eigenvalue weighted by Gasteiger charge is -2.26. The molecule has 0 heterocycles. The predicted molar refractivity (Wildman–Crippen MR) is 171 cm³/mol. The van der Waals surface area contributed by atoms with Crippen molar-refractivity contribution in [2.24, 2.45) is 0 Å². The summed E-state index contributed by atoms with van der Waals surface area (Å²) in [6.07, 6.45) is 22.7. The normalized spacial score (nSPS) is 15.0. The molecule has 3 atom stereocenters. The van der Waals surface area contributed by atoms with Crippen molar-refractivity contribution in [2.75, 3.05) is 40.9 Å². The number of amides is 1. The number of rotatable bonds is 30. The summed E-state index contributed by atoms with van der Waals surface area (Å²) in [4.78, 5) is 22.8. The molecule has 1 amide bonds. The van der Waals surface area contributed by atoms with Gasteiger partial charge in [0.05, 0.1) is 39.9 Å². The second-order valence-corrected chi connectivity index (χ2v) is 14.4. The van der Waals surface area contributed by atoms with Crippen LogP contribution >= 0.6 is 7.82 Å². The number of nitrogens with one attached hydrogen (secondary N) is 1. The number of unbranched alkanes of at least 4 members (excludes halogenated alkanes) is 17. The second-order valence-electron chi connectivity index (χ2n) is 12.9. The molecule has 0 aliphatic heterocycles. The zero-order valence-corrected chi connectivity index (χ0v) is 28.4. The van der Waals surface area contributed by atoms with E-state index in [1.54, 1.807) is 0 Å². The molecule has 41 heavy (non-hydrogen) atoms. The third-order valence-electron chi connectivity index (χ3n) is 7.61. The van der Waals surface area contributed by atoms with E-state index < -0.39 is 20.0 Å². The van der Waals surface area contributed by atoms with E-state index in [0.717, 1.165) is 38.5 Å². The molecule has 0 saturated heterocycles. The van der Waals surface area contributed by atoms with E-state index in [1.807, 2.05) is 21.1 Å². The highest BCUT2D eigenvalue weighted by Gasteiger charge is 2.28. The highest BCUT2D eigenvalue weighted by Crippen LogP contribution is 2.43. The Balaban J connectivity index is 4.51. The van der Waals surface area contributed by atoms with Crippen molar-refractivity contribution in [3.8, 4) is 0 Å². The summed E-state index contributed by atoms with van der Waals surface area (Å²) in [5.41, 5.74) is 0. The Hall–Kier alpha value is -0.500. The Morgan fingerprint density at radius 1 is 0.732 bits per heavy atom. The van der Waals surface area contributed by atoms with Gasteiger partial charge in [0, 0.05) is 6.42 Å². The molecule has 0 aromatic rings. The highest BCUT2D eigenvalue weighted by molar-refractivity contribution is 7.47. The van der Waals surface area contributed by atoms with E-state index in [-0.39, 0.29) is 19.1 Å². The maximum absolute atomic E-state index is 12.6. The van der Waals surface area contributed by atoms with Gasteiger partial charge in [-0.3, -0.25) is 13.8 Å². The van der Waals surface area contributed by atoms with Crippen molar-refractivity contribution in [3.63, 3.8) is 0 Å². The Bertz CT molecular complexity index is 659. The van der Waals surface area contributed by atoms with Gasteiger partial charge in [-0.05, 0) is 12.8 Å². The third kappa shape index (κ3) is 28.1. The minimum Gasteiger partial charge on any atom is -0.391 e. The molecule has 0 rings (SSSR count). The van der Waals surface area contributed by atoms with Gasteiger partial charge < -0.3 is 19.8 Å². The zero-order valence-electron chi connectivity index (χ0n) is 27.5. The van der Waals surface area contributed by atoms with Crippen LogP contribution in [0.3, 0.4) is 0 Å². The van der Waals surface area contributed by atoms with Crippen LogP contribution in [0.5, 0.6) is 0 Å². The first-order valence-corrected chi connectivity index (χ1v) is 18.4. The number of phosphoric ester groups is 1. The predicted octanol–water partition coefficient (Wildman–Crippen LogP) is 7.90. The molecule has 1 unspecified atom stereocenters. The van der Waals surface area contributed by atoms with Crippen molar-refractivity contribution >= 4 is 13.7 Å². The number of carbonyl (C=O) groups is 1. The number of likely N-dealkylation sites (N-methyl/N-ethyl adjacent to an activating group) is 1. The number of quaternary nitrogens is 1. The number of hydrogen-bond donors (Lipinski definition) is 3. The smallest absolute Gasteiger partial charge is 0.391 e. The van der Waals surface area contributed by atoms with E-state index in [0.29, 0.717) is 23.9 Å². The lowest BCUT2D eigenvalue weighted by Crippen LogP contribution is -2.46. The fraction of sp³-hybridized carbons (Fsp3) is 0.969. The monoisotopic (exact) mass is 607 g/mol. The molecule has 0 radical (unpaired) electrons. The van der Waals surface area contributed by atoms with Gasteiger partial charge in [0.15, 0.2) is 0 Å². The summed E-state index contributed by atoms with van der Waals surface area (Å²) in [6, 6.07) is -0.748. The average Bonchev–Trinajstić information content (AvgIpc) is 2.90. The molecule has 0 spiro atoms. The SMILES string of the molecule is CCCCCCCCCCCCCC[C@@H](O)[C@H](COP(=O)(O)OCC[N+](C)(C)C)NC(=O)CCCCCCCCC. The van der Waals surface area contributed by atoms with Crippen LogP contribution in [0, 0.1) is 0 Å². The topological polar surface area (TPSA) is 105 Å². The molecule has 0 aliphatic rings. The summed E-state index contributed by atoms with van der Waals surface area (Å²) >= 11 is 0. The van der Waals surface area contributed by atoms with E-state index in [1.165, 1.54) is 83.5 Å². The molecular weight excluding hydrogens is 539 g/mol. The Morgan fingerprint density at radius 2 is 1.17 bits per heavy atom. The van der Waals surface area contributed by atoms with Crippen LogP contribution in [0.25, 0.3) is 0 Å². The number of hydrogen-bond acceptors (Lipinski definition) is 5. The molecule has 8 nitrogen and oxygen atoms in total. The first-order chi connectivity index (χ1) is 19.5. The molecule has 0 fully saturated rings. The van der Waals surface area contributed by atoms with Crippen LogP contribution in [0.1, 0.15) is 149 Å². The molecule has 3 N–H and O–H groups in total. The fourth-order valence-electron chi connectivity index (χ4n) is 4.81. The van der Waals surface area contributed by atoms with Gasteiger partial charge in [-0.15, -0.1) is 0 Å². The Labute approximate surface area is 253 Å². The summed E-state index contributed by atoms with van der Waals surface area (Å²) in [5, 5.41) is 13.8. The third-order valence-corrected chi connectivity index (χ3v) is 8.59. The molecule has 0 aromatic carbocycles. The van der Waals surface area contributed by atoms with Crippen LogP contribution in [-0.4, -0.2) is 73.4 Å². The van der Waals surface area contributed by atoms with Gasteiger partial charge in [0.25, 0.3) is 0 Å². The zero-order chi connectivity index (χ0) is 30.8. The molecule has 0 aromatic heterocycles. The van der Waals surface area contributed by atoms with Crippen molar-refractivity contribution in [1.82, 2.24) is 5.32 Å². The average molecular weight is 608 g/mol. The van der Waals surface area contributed by atoms with E-state index in [4.69, 9.17) is 9.05 Å². The van der Waals surface area contributed by atoms with Gasteiger partial charge in [-0.25, -0.2) is 4.57 Å². The number of carbonyl (C=O) groups excluding carboxylic acids is 1. The second kappa shape index (κ2) is 25.9. The van der Waals surface area contributed by atoms with Gasteiger partial charge >= 0.3 is 7.82 Å². The highest BCUT2D eigenvalue weighted by atomic mass is 31.2. The van der Waals surface area contributed by atoms with Crippen molar-refractivity contribution < 1.29 is 32.9 Å². The van der Waals surface area contributed by atoms with Crippen LogP contribution in [0.4, 0.5) is 0 Å². The van der Waals surface area contributed by atoms with Gasteiger partial charge in [-0.1, -0.05) is 129 Å². The van der Waals surface area contributed by atoms with Gasteiger partial charge in [0.1, 0.15) is 13.2 Å². The Kier molecular flexibility index (Phi) is 25.6. The minimum atomic E-state index is -4.29. The number of nitrogens with zero attached hydrogens (tertiary/aromatic N) is 1. The minimum absolute atomic E-state index is 0.0774. The first-order valence-electron chi connectivity index (χ1n) is 16.9. The molecule has 246 valence electrons. The van der Waals surface area contributed by atoms with Crippen LogP contribution < -0.4 is 5.32 Å².